The SMILES string of the molecule is CNCC1CCCN1C(=O)CNS(=O)(=O)c1ccc(Cl)s1. The van der Waals surface area contributed by atoms with E-state index in [9.17, 15) is 13.2 Å². The summed E-state index contributed by atoms with van der Waals surface area (Å²) < 4.78 is 26.9. The third-order valence-electron chi connectivity index (χ3n) is 3.36. The lowest BCUT2D eigenvalue weighted by molar-refractivity contribution is -0.130. The van der Waals surface area contributed by atoms with Crippen LogP contribution in [0.15, 0.2) is 16.3 Å². The highest BCUT2D eigenvalue weighted by atomic mass is 35.5. The van der Waals surface area contributed by atoms with Gasteiger partial charge in [0.1, 0.15) is 4.21 Å². The van der Waals surface area contributed by atoms with Crippen LogP contribution in [0.4, 0.5) is 0 Å². The van der Waals surface area contributed by atoms with Crippen molar-refractivity contribution in [1.82, 2.24) is 14.9 Å². The fraction of sp³-hybridized carbons (Fsp3) is 0.583. The van der Waals surface area contributed by atoms with Crippen molar-refractivity contribution in [3.05, 3.63) is 16.5 Å². The smallest absolute Gasteiger partial charge is 0.250 e. The van der Waals surface area contributed by atoms with Gasteiger partial charge < -0.3 is 10.2 Å². The number of thiophene rings is 1. The number of hydrogen-bond acceptors (Lipinski definition) is 5. The molecule has 0 radical (unpaired) electrons. The van der Waals surface area contributed by atoms with E-state index in [4.69, 9.17) is 11.6 Å². The molecule has 21 heavy (non-hydrogen) atoms. The van der Waals surface area contributed by atoms with Crippen LogP contribution in [0.3, 0.4) is 0 Å². The molecular weight excluding hydrogens is 334 g/mol. The van der Waals surface area contributed by atoms with Crippen LogP contribution < -0.4 is 10.0 Å². The molecule has 0 bridgehead atoms. The summed E-state index contributed by atoms with van der Waals surface area (Å²) in [5.74, 6) is -0.195. The second-order valence-electron chi connectivity index (χ2n) is 4.82. The van der Waals surface area contributed by atoms with Crippen LogP contribution in [0, 0.1) is 0 Å². The van der Waals surface area contributed by atoms with E-state index >= 15 is 0 Å². The van der Waals surface area contributed by atoms with Crippen LogP contribution in [-0.4, -0.2) is 51.9 Å². The summed E-state index contributed by atoms with van der Waals surface area (Å²) in [6.07, 6.45) is 1.89. The second kappa shape index (κ2) is 7.06. The van der Waals surface area contributed by atoms with Crippen molar-refractivity contribution in [3.63, 3.8) is 0 Å². The van der Waals surface area contributed by atoms with Crippen molar-refractivity contribution in [2.45, 2.75) is 23.1 Å². The van der Waals surface area contributed by atoms with Crippen LogP contribution in [-0.2, 0) is 14.8 Å². The van der Waals surface area contributed by atoms with Crippen LogP contribution in [0.5, 0.6) is 0 Å². The monoisotopic (exact) mass is 351 g/mol. The van der Waals surface area contributed by atoms with Gasteiger partial charge in [-0.25, -0.2) is 13.1 Å². The van der Waals surface area contributed by atoms with Gasteiger partial charge in [0, 0.05) is 19.1 Å². The Bertz CT molecular complexity index is 603. The zero-order chi connectivity index (χ0) is 15.5. The number of nitrogens with zero attached hydrogens (tertiary/aromatic N) is 1. The topological polar surface area (TPSA) is 78.5 Å². The maximum Gasteiger partial charge on any atom is 0.250 e. The van der Waals surface area contributed by atoms with Gasteiger partial charge in [-0.15, -0.1) is 11.3 Å². The minimum Gasteiger partial charge on any atom is -0.337 e. The van der Waals surface area contributed by atoms with E-state index in [0.29, 0.717) is 10.9 Å². The second-order valence-corrected chi connectivity index (χ2v) is 8.53. The number of hydrogen-bond donors (Lipinski definition) is 2. The molecule has 1 atom stereocenters. The molecule has 6 nitrogen and oxygen atoms in total. The molecule has 0 spiro atoms. The maximum absolute atomic E-state index is 12.2. The Kier molecular flexibility index (Phi) is 5.61. The molecule has 118 valence electrons. The summed E-state index contributed by atoms with van der Waals surface area (Å²) in [6.45, 7) is 1.18. The average Bonchev–Trinajstić information content (AvgIpc) is 3.06. The van der Waals surface area contributed by atoms with E-state index in [1.54, 1.807) is 4.90 Å². The summed E-state index contributed by atoms with van der Waals surface area (Å²) in [7, 11) is -1.84. The molecule has 1 unspecified atom stereocenters. The highest BCUT2D eigenvalue weighted by molar-refractivity contribution is 7.91. The van der Waals surface area contributed by atoms with Crippen molar-refractivity contribution >= 4 is 38.9 Å². The molecule has 2 rings (SSSR count). The minimum absolute atomic E-state index is 0.119. The number of likely N-dealkylation sites (tertiary alicyclic amines) is 1. The molecule has 0 aliphatic carbocycles. The predicted octanol–water partition coefficient (Wildman–Crippen LogP) is 0.890. The van der Waals surface area contributed by atoms with E-state index in [1.165, 1.54) is 12.1 Å². The van der Waals surface area contributed by atoms with Gasteiger partial charge in [0.15, 0.2) is 0 Å². The number of halogens is 1. The fourth-order valence-corrected chi connectivity index (χ4v) is 4.89. The highest BCUT2D eigenvalue weighted by Crippen LogP contribution is 2.25. The van der Waals surface area contributed by atoms with Crippen molar-refractivity contribution < 1.29 is 13.2 Å². The Balaban J connectivity index is 1.94. The summed E-state index contributed by atoms with van der Waals surface area (Å²) >= 11 is 6.70. The first kappa shape index (κ1) is 16.7. The van der Waals surface area contributed by atoms with E-state index in [0.717, 1.165) is 30.7 Å². The lowest BCUT2D eigenvalue weighted by Crippen LogP contribution is -2.45. The Morgan fingerprint density at radius 2 is 2.29 bits per heavy atom. The molecule has 2 heterocycles. The first-order valence-electron chi connectivity index (χ1n) is 6.63. The standard InChI is InChI=1S/C12H18ClN3O3S2/c1-14-7-9-3-2-6-16(9)11(17)8-15-21(18,19)12-5-4-10(13)20-12/h4-5,9,14-15H,2-3,6-8H2,1H3. The van der Waals surface area contributed by atoms with Gasteiger partial charge in [0.05, 0.1) is 10.9 Å². The lowest BCUT2D eigenvalue weighted by Gasteiger charge is -2.24. The zero-order valence-electron chi connectivity index (χ0n) is 11.6. The summed E-state index contributed by atoms with van der Waals surface area (Å²) in [4.78, 5) is 13.9. The first-order valence-corrected chi connectivity index (χ1v) is 9.31. The minimum atomic E-state index is -3.67. The number of nitrogens with one attached hydrogen (secondary N) is 2. The van der Waals surface area contributed by atoms with Crippen LogP contribution in [0.2, 0.25) is 4.34 Å². The molecule has 1 saturated heterocycles. The zero-order valence-corrected chi connectivity index (χ0v) is 14.0. The number of carbonyl (C=O) groups is 1. The number of rotatable bonds is 6. The molecule has 1 fully saturated rings. The normalized spacial score (nSPS) is 19.1. The van der Waals surface area contributed by atoms with Gasteiger partial charge in [-0.2, -0.15) is 0 Å². The van der Waals surface area contributed by atoms with Crippen molar-refractivity contribution in [2.24, 2.45) is 0 Å². The van der Waals surface area contributed by atoms with E-state index < -0.39 is 10.0 Å². The molecule has 2 N–H and O–H groups in total. The molecule has 1 aromatic heterocycles. The van der Waals surface area contributed by atoms with E-state index in [-0.39, 0.29) is 22.7 Å². The summed E-state index contributed by atoms with van der Waals surface area (Å²) in [5.41, 5.74) is 0. The van der Waals surface area contributed by atoms with Crippen LogP contribution in [0.1, 0.15) is 12.8 Å². The van der Waals surface area contributed by atoms with Crippen LogP contribution >= 0.6 is 22.9 Å². The van der Waals surface area contributed by atoms with E-state index in [1.807, 2.05) is 7.05 Å². The molecular formula is C12H18ClN3O3S2. The Morgan fingerprint density at radius 1 is 1.52 bits per heavy atom. The van der Waals surface area contributed by atoms with Crippen molar-refractivity contribution in [3.8, 4) is 0 Å². The molecule has 1 aromatic rings. The van der Waals surface area contributed by atoms with Gasteiger partial charge in [-0.1, -0.05) is 11.6 Å². The van der Waals surface area contributed by atoms with Crippen LogP contribution in [0.25, 0.3) is 0 Å². The lowest BCUT2D eigenvalue weighted by atomic mass is 10.2. The Morgan fingerprint density at radius 3 is 2.90 bits per heavy atom. The van der Waals surface area contributed by atoms with Gasteiger partial charge in [0.25, 0.3) is 10.0 Å². The molecule has 1 aliphatic rings. The summed E-state index contributed by atoms with van der Waals surface area (Å²) in [6, 6.07) is 3.09. The quantitative estimate of drug-likeness (QED) is 0.797. The Labute approximate surface area is 133 Å². The molecule has 1 aliphatic heterocycles. The molecule has 0 aromatic carbocycles. The van der Waals surface area contributed by atoms with E-state index in [2.05, 4.69) is 10.0 Å². The number of carbonyl (C=O) groups excluding carboxylic acids is 1. The van der Waals surface area contributed by atoms with Gasteiger partial charge in [-0.3, -0.25) is 4.79 Å². The van der Waals surface area contributed by atoms with Gasteiger partial charge in [-0.05, 0) is 32.0 Å². The fourth-order valence-electron chi connectivity index (χ4n) is 2.38. The van der Waals surface area contributed by atoms with Gasteiger partial charge in [0.2, 0.25) is 5.91 Å². The van der Waals surface area contributed by atoms with Crippen molar-refractivity contribution in [2.75, 3.05) is 26.7 Å². The number of likely N-dealkylation sites (N-methyl/N-ethyl adjacent to an activating group) is 1. The largest absolute Gasteiger partial charge is 0.337 e. The molecule has 0 saturated carbocycles. The highest BCUT2D eigenvalue weighted by Gasteiger charge is 2.29. The summed E-state index contributed by atoms with van der Waals surface area (Å²) in [5, 5.41) is 3.05. The third kappa shape index (κ3) is 4.17. The molecule has 1 amide bonds. The Hall–Kier alpha value is -0.670. The first-order chi connectivity index (χ1) is 9.94. The van der Waals surface area contributed by atoms with Gasteiger partial charge >= 0.3 is 0 Å². The maximum atomic E-state index is 12.2. The third-order valence-corrected chi connectivity index (χ3v) is 6.49. The number of sulfonamides is 1. The predicted molar refractivity (Wildman–Crippen MR) is 83.2 cm³/mol. The van der Waals surface area contributed by atoms with Crippen molar-refractivity contribution in [1.29, 1.82) is 0 Å². The molecule has 9 heteroatoms. The number of amides is 1. The average molecular weight is 352 g/mol.